The van der Waals surface area contributed by atoms with Gasteiger partial charge in [0.1, 0.15) is 22.3 Å². The summed E-state index contributed by atoms with van der Waals surface area (Å²) in [4.78, 5) is 5.28. The van der Waals surface area contributed by atoms with Gasteiger partial charge in [0.15, 0.2) is 0 Å². The molecule has 446 valence electrons. The number of fused-ring (bicyclic) bond motifs is 13. The molecule has 0 fully saturated rings. The molecule has 0 saturated carbocycles. The van der Waals surface area contributed by atoms with E-state index in [9.17, 15) is 0 Å². The molecule has 20 rings (SSSR count). The zero-order valence-corrected chi connectivity index (χ0v) is 52.1. The Labute approximate surface area is 554 Å². The van der Waals surface area contributed by atoms with Crippen LogP contribution in [0.15, 0.2) is 349 Å². The van der Waals surface area contributed by atoms with Gasteiger partial charge >= 0.3 is 0 Å². The smallest absolute Gasteiger partial charge is 0.252 e. The summed E-state index contributed by atoms with van der Waals surface area (Å²) < 4.78 is 15.9. The van der Waals surface area contributed by atoms with Crippen molar-refractivity contribution >= 4 is 123 Å². The minimum Gasteiger partial charge on any atom is -0.456 e. The lowest BCUT2D eigenvalue weighted by Crippen LogP contribution is -2.61. The van der Waals surface area contributed by atoms with Gasteiger partial charge in [0.05, 0.1) is 28.1 Å². The van der Waals surface area contributed by atoms with Gasteiger partial charge in [-0.25, -0.2) is 0 Å². The van der Waals surface area contributed by atoms with Gasteiger partial charge in [-0.1, -0.05) is 267 Å². The number of para-hydroxylation sites is 6. The van der Waals surface area contributed by atoms with Crippen LogP contribution in [0.4, 0.5) is 34.1 Å². The Kier molecular flexibility index (Phi) is 12.1. The van der Waals surface area contributed by atoms with Crippen LogP contribution >= 0.6 is 0 Å². The summed E-state index contributed by atoms with van der Waals surface area (Å²) in [7, 11) is 0. The van der Waals surface area contributed by atoms with Gasteiger partial charge in [0.2, 0.25) is 0 Å². The van der Waals surface area contributed by atoms with Gasteiger partial charge in [0, 0.05) is 77.3 Å². The largest absolute Gasteiger partial charge is 0.456 e. The molecule has 0 atom stereocenters. The van der Waals surface area contributed by atoms with E-state index in [1.807, 2.05) is 12.1 Å². The van der Waals surface area contributed by atoms with Crippen molar-refractivity contribution in [3.8, 4) is 72.4 Å². The van der Waals surface area contributed by atoms with E-state index in [4.69, 9.17) is 8.83 Å². The molecule has 0 spiro atoms. The molecule has 18 aromatic rings. The lowest BCUT2D eigenvalue weighted by molar-refractivity contribution is 0.668. The molecule has 6 heteroatoms. The third kappa shape index (κ3) is 8.32. The number of furan rings is 2. The molecule has 5 nitrogen and oxygen atoms in total. The molecule has 96 heavy (non-hydrogen) atoms. The molecule has 0 aliphatic carbocycles. The third-order valence-electron chi connectivity index (χ3n) is 20.2. The first kappa shape index (κ1) is 54.0. The van der Waals surface area contributed by atoms with Gasteiger partial charge in [-0.3, -0.25) is 0 Å². The van der Waals surface area contributed by atoms with Crippen LogP contribution in [0, 0.1) is 0 Å². The van der Waals surface area contributed by atoms with Crippen LogP contribution in [-0.2, 0) is 0 Å². The lowest BCUT2D eigenvalue weighted by Gasteiger charge is -2.46. The molecule has 0 amide bonds. The summed E-state index contributed by atoms with van der Waals surface area (Å²) in [5, 5.41) is 6.82. The van der Waals surface area contributed by atoms with E-state index in [2.05, 4.69) is 342 Å². The molecule has 0 bridgehead atoms. The van der Waals surface area contributed by atoms with Gasteiger partial charge in [0.25, 0.3) is 6.71 Å². The van der Waals surface area contributed by atoms with Crippen LogP contribution in [0.5, 0.6) is 0 Å². The highest BCUT2D eigenvalue weighted by molar-refractivity contribution is 7.00. The van der Waals surface area contributed by atoms with Crippen molar-refractivity contribution in [2.75, 3.05) is 9.80 Å². The zero-order valence-electron chi connectivity index (χ0n) is 52.1. The number of hydrogen-bond donors (Lipinski definition) is 0. The quantitative estimate of drug-likeness (QED) is 0.135. The van der Waals surface area contributed by atoms with E-state index in [-0.39, 0.29) is 6.71 Å². The SMILES string of the molecule is c1ccc(-c2cccc(-c3ccccc3)c2N2c3ccc(-c4ccc5c(c4)oc4ccccc45)cc3B3c4cc(-c5ccc6c(c5)oc5ccccc56)ccc4N(c4c(-c5ccccc5)cccc4-c4ccccc4)c4cc(-n5c6ccccc6c6ccccc65)cc2c43)cc1. The number of hydrogen-bond acceptors (Lipinski definition) is 4. The fraction of sp³-hybridized carbons (Fsp3) is 0. The van der Waals surface area contributed by atoms with Crippen molar-refractivity contribution in [3.63, 3.8) is 0 Å². The third-order valence-corrected chi connectivity index (χ3v) is 20.2. The van der Waals surface area contributed by atoms with E-state index >= 15 is 0 Å². The summed E-state index contributed by atoms with van der Waals surface area (Å²) in [5.74, 6) is 0. The second-order valence-electron chi connectivity index (χ2n) is 25.4. The highest BCUT2D eigenvalue weighted by atomic mass is 16.3. The first-order valence-electron chi connectivity index (χ1n) is 33.0. The van der Waals surface area contributed by atoms with E-state index in [0.29, 0.717) is 0 Å². The van der Waals surface area contributed by atoms with Crippen LogP contribution in [0.3, 0.4) is 0 Å². The fourth-order valence-electron chi connectivity index (χ4n) is 15.9. The number of rotatable bonds is 9. The number of anilines is 6. The molecular formula is C90H56BN3O2. The van der Waals surface area contributed by atoms with Crippen LogP contribution in [0.25, 0.3) is 138 Å². The summed E-state index contributed by atoms with van der Waals surface area (Å²) in [6, 6.07) is 125. The molecular weight excluding hydrogens is 1170 g/mol. The zero-order chi connectivity index (χ0) is 63.0. The second-order valence-corrected chi connectivity index (χ2v) is 25.4. The van der Waals surface area contributed by atoms with E-state index in [1.165, 1.54) is 27.2 Å². The minimum atomic E-state index is -0.308. The molecule has 15 aromatic carbocycles. The summed E-state index contributed by atoms with van der Waals surface area (Å²) in [5.41, 5.74) is 30.2. The van der Waals surface area contributed by atoms with E-state index < -0.39 is 0 Å². The highest BCUT2D eigenvalue weighted by Crippen LogP contribution is 2.54. The van der Waals surface area contributed by atoms with Gasteiger partial charge < -0.3 is 23.2 Å². The average Bonchev–Trinajstić information content (AvgIpc) is 0.692. The van der Waals surface area contributed by atoms with E-state index in [1.54, 1.807) is 0 Å². The Hall–Kier alpha value is -12.6. The maximum absolute atomic E-state index is 6.68. The summed E-state index contributed by atoms with van der Waals surface area (Å²) >= 11 is 0. The Morgan fingerprint density at radius 3 is 0.969 bits per heavy atom. The van der Waals surface area contributed by atoms with Gasteiger partial charge in [-0.05, 0) is 134 Å². The van der Waals surface area contributed by atoms with Crippen LogP contribution < -0.4 is 26.2 Å². The maximum atomic E-state index is 6.68. The fourth-order valence-corrected chi connectivity index (χ4v) is 15.9. The lowest BCUT2D eigenvalue weighted by atomic mass is 9.33. The Morgan fingerprint density at radius 2 is 0.562 bits per heavy atom. The van der Waals surface area contributed by atoms with Gasteiger partial charge in [-0.15, -0.1) is 0 Å². The minimum absolute atomic E-state index is 0.308. The molecule has 0 unspecified atom stereocenters. The van der Waals surface area contributed by atoms with Crippen molar-refractivity contribution < 1.29 is 8.83 Å². The van der Waals surface area contributed by atoms with Crippen LogP contribution in [-0.4, -0.2) is 11.3 Å². The number of aromatic nitrogens is 1. The molecule has 0 radical (unpaired) electrons. The number of benzene rings is 15. The highest BCUT2D eigenvalue weighted by Gasteiger charge is 2.46. The summed E-state index contributed by atoms with van der Waals surface area (Å²) in [6.07, 6.45) is 0. The average molecular weight is 1220 g/mol. The first-order valence-corrected chi connectivity index (χ1v) is 33.0. The van der Waals surface area contributed by atoms with Crippen molar-refractivity contribution in [1.29, 1.82) is 0 Å². The molecule has 0 N–H and O–H groups in total. The van der Waals surface area contributed by atoms with Crippen molar-refractivity contribution in [1.82, 2.24) is 4.57 Å². The second kappa shape index (κ2) is 21.5. The predicted molar refractivity (Wildman–Crippen MR) is 402 cm³/mol. The van der Waals surface area contributed by atoms with Crippen molar-refractivity contribution in [2.45, 2.75) is 0 Å². The topological polar surface area (TPSA) is 37.7 Å². The first-order chi connectivity index (χ1) is 47.6. The summed E-state index contributed by atoms with van der Waals surface area (Å²) in [6.45, 7) is -0.308. The molecule has 0 saturated heterocycles. The van der Waals surface area contributed by atoms with Crippen LogP contribution in [0.1, 0.15) is 0 Å². The standard InChI is InChI=1S/C90H56BN3O2/c1-5-23-57(24-6-1)66-35-21-36-67(58-25-7-2-8-26-58)89(66)93-80-49-45-61(63-43-47-74-72-33-15-19-41-84(72)95-86(74)53-63)51-76(80)91-77-52-62(64-44-48-75-73-34-16-20-42-85(73)96-87(75)54-64)46-50-81(77)94(90-68(59-27-9-3-10-28-59)37-22-38-69(90)60-29-11-4-12-30-60)83-56-65(55-82(93)88(83)91)92-78-39-17-13-31-70(78)71-32-14-18-40-79(71)92/h1-56H. The van der Waals surface area contributed by atoms with Gasteiger partial charge in [-0.2, -0.15) is 0 Å². The Morgan fingerprint density at radius 1 is 0.229 bits per heavy atom. The Balaban J connectivity index is 0.958. The molecule has 2 aliphatic heterocycles. The normalized spacial score (nSPS) is 12.5. The monoisotopic (exact) mass is 1220 g/mol. The molecule has 5 heterocycles. The van der Waals surface area contributed by atoms with Crippen LogP contribution in [0.2, 0.25) is 0 Å². The van der Waals surface area contributed by atoms with Crippen molar-refractivity contribution in [3.05, 3.63) is 340 Å². The number of nitrogens with zero attached hydrogens (tertiary/aromatic N) is 3. The van der Waals surface area contributed by atoms with Crippen molar-refractivity contribution in [2.24, 2.45) is 0 Å². The molecule has 2 aliphatic rings. The predicted octanol–water partition coefficient (Wildman–Crippen LogP) is 22.7. The Bertz CT molecular complexity index is 5680. The van der Waals surface area contributed by atoms with E-state index in [0.717, 1.165) is 161 Å². The molecule has 3 aromatic heterocycles. The maximum Gasteiger partial charge on any atom is 0.252 e.